The summed E-state index contributed by atoms with van der Waals surface area (Å²) >= 11 is 0. The molecule has 0 spiro atoms. The van der Waals surface area contributed by atoms with Gasteiger partial charge in [-0.3, -0.25) is 4.79 Å². The van der Waals surface area contributed by atoms with E-state index in [-0.39, 0.29) is 18.3 Å². The van der Waals surface area contributed by atoms with E-state index < -0.39 is 6.61 Å². The fraction of sp³-hybridized carbons (Fsp3) is 0.263. The highest BCUT2D eigenvalue weighted by atomic mass is 19.3. The fourth-order valence-electron chi connectivity index (χ4n) is 2.78. The van der Waals surface area contributed by atoms with E-state index in [1.807, 2.05) is 18.2 Å². The van der Waals surface area contributed by atoms with Gasteiger partial charge in [0.25, 0.3) is 5.91 Å². The summed E-state index contributed by atoms with van der Waals surface area (Å²) in [4.78, 5) is 16.8. The lowest BCUT2D eigenvalue weighted by Crippen LogP contribution is -2.17. The van der Waals surface area contributed by atoms with Crippen LogP contribution in [0.2, 0.25) is 0 Å². The van der Waals surface area contributed by atoms with Crippen molar-refractivity contribution < 1.29 is 23.1 Å². The smallest absolute Gasteiger partial charge is 0.387 e. The number of benzene rings is 2. The van der Waals surface area contributed by atoms with E-state index in [0.29, 0.717) is 5.56 Å². The second kappa shape index (κ2) is 8.42. The topological polar surface area (TPSA) is 59.9 Å². The van der Waals surface area contributed by atoms with E-state index in [1.165, 1.54) is 29.5 Å². The van der Waals surface area contributed by atoms with Crippen LogP contribution in [0.1, 0.15) is 23.1 Å². The molecule has 5 nitrogen and oxygen atoms in total. The molecule has 26 heavy (non-hydrogen) atoms. The van der Waals surface area contributed by atoms with Crippen LogP contribution in [-0.2, 0) is 22.5 Å². The minimum Gasteiger partial charge on any atom is -0.435 e. The normalized spacial score (nSPS) is 13.0. The van der Waals surface area contributed by atoms with Gasteiger partial charge in [-0.1, -0.05) is 11.2 Å². The highest BCUT2D eigenvalue weighted by Crippen LogP contribution is 2.24. The first-order valence-electron chi connectivity index (χ1n) is 8.22. The Morgan fingerprint density at radius 2 is 1.92 bits per heavy atom. The van der Waals surface area contributed by atoms with Gasteiger partial charge in [0.05, 0.1) is 6.21 Å². The molecule has 3 rings (SSSR count). The average Bonchev–Trinajstić information content (AvgIpc) is 3.07. The molecular formula is C19H18F2N2O3. The van der Waals surface area contributed by atoms with Crippen LogP contribution in [0.4, 0.5) is 14.5 Å². The third-order valence-electron chi connectivity index (χ3n) is 3.96. The van der Waals surface area contributed by atoms with E-state index >= 15 is 0 Å². The molecule has 0 fully saturated rings. The Balaban J connectivity index is 1.44. The number of carbonyl (C=O) groups excluding carboxylic acids is 1. The fourth-order valence-corrected chi connectivity index (χ4v) is 2.78. The van der Waals surface area contributed by atoms with E-state index in [4.69, 9.17) is 4.84 Å². The number of rotatable bonds is 7. The molecule has 1 N–H and O–H groups in total. The van der Waals surface area contributed by atoms with Crippen molar-refractivity contribution in [2.24, 2.45) is 5.16 Å². The maximum atomic E-state index is 12.1. The number of ether oxygens (including phenoxy) is 1. The molecule has 136 valence electrons. The van der Waals surface area contributed by atoms with Crippen LogP contribution in [-0.4, -0.2) is 25.3 Å². The highest BCUT2D eigenvalue weighted by molar-refractivity contribution is 5.91. The summed E-state index contributed by atoms with van der Waals surface area (Å²) in [5.41, 5.74) is 4.00. The number of oxime groups is 1. The summed E-state index contributed by atoms with van der Waals surface area (Å²) in [7, 11) is 0. The Morgan fingerprint density at radius 3 is 2.69 bits per heavy atom. The SMILES string of the molecule is O=C(CO/N=C/c1ccc(OC(F)F)cc1)Nc1ccc2c(c1)CCC2. The minimum atomic E-state index is -2.86. The second-order valence-corrected chi connectivity index (χ2v) is 5.84. The number of anilines is 1. The Hall–Kier alpha value is -2.96. The van der Waals surface area contributed by atoms with E-state index in [1.54, 1.807) is 12.1 Å². The standard InChI is InChI=1S/C19H18F2N2O3/c20-19(21)26-17-8-4-13(5-9-17)11-22-25-12-18(24)23-16-7-6-14-2-1-3-15(14)10-16/h4-11,19H,1-3,12H2,(H,23,24)/b22-11+. The van der Waals surface area contributed by atoms with Gasteiger partial charge in [0, 0.05) is 5.69 Å². The van der Waals surface area contributed by atoms with Crippen molar-refractivity contribution in [1.82, 2.24) is 0 Å². The molecule has 0 radical (unpaired) electrons. The van der Waals surface area contributed by atoms with Gasteiger partial charge >= 0.3 is 6.61 Å². The molecule has 0 unspecified atom stereocenters. The molecule has 0 aliphatic heterocycles. The Kier molecular flexibility index (Phi) is 5.78. The zero-order valence-electron chi connectivity index (χ0n) is 14.0. The first kappa shape index (κ1) is 17.8. The zero-order chi connectivity index (χ0) is 18.4. The Morgan fingerprint density at radius 1 is 1.15 bits per heavy atom. The van der Waals surface area contributed by atoms with Crippen molar-refractivity contribution in [3.05, 3.63) is 59.2 Å². The molecule has 0 saturated carbocycles. The molecular weight excluding hydrogens is 342 g/mol. The molecule has 0 saturated heterocycles. The van der Waals surface area contributed by atoms with Gasteiger partial charge in [0.15, 0.2) is 6.61 Å². The van der Waals surface area contributed by atoms with Crippen molar-refractivity contribution >= 4 is 17.8 Å². The third-order valence-corrected chi connectivity index (χ3v) is 3.96. The molecule has 2 aromatic carbocycles. The van der Waals surface area contributed by atoms with Gasteiger partial charge in [0.1, 0.15) is 5.75 Å². The van der Waals surface area contributed by atoms with Crippen LogP contribution in [0.25, 0.3) is 0 Å². The molecule has 0 atom stereocenters. The zero-order valence-corrected chi connectivity index (χ0v) is 14.0. The summed E-state index contributed by atoms with van der Waals surface area (Å²) in [5.74, 6) is -0.243. The molecule has 0 bridgehead atoms. The minimum absolute atomic E-state index is 0.0618. The number of hydrogen-bond acceptors (Lipinski definition) is 4. The van der Waals surface area contributed by atoms with Gasteiger partial charge in [-0.15, -0.1) is 0 Å². The molecule has 1 aliphatic carbocycles. The highest BCUT2D eigenvalue weighted by Gasteiger charge is 2.11. The number of hydrogen-bond donors (Lipinski definition) is 1. The molecule has 1 aliphatic rings. The van der Waals surface area contributed by atoms with Gasteiger partial charge in [-0.25, -0.2) is 0 Å². The quantitative estimate of drug-likeness (QED) is 0.604. The van der Waals surface area contributed by atoms with E-state index in [0.717, 1.165) is 24.9 Å². The summed E-state index contributed by atoms with van der Waals surface area (Å²) in [6.45, 7) is -3.08. The van der Waals surface area contributed by atoms with E-state index in [9.17, 15) is 13.6 Å². The van der Waals surface area contributed by atoms with Crippen molar-refractivity contribution in [2.75, 3.05) is 11.9 Å². The Labute approximate surface area is 149 Å². The number of nitrogens with one attached hydrogen (secondary N) is 1. The predicted molar refractivity (Wildman–Crippen MR) is 93.7 cm³/mol. The van der Waals surface area contributed by atoms with Gasteiger partial charge < -0.3 is 14.9 Å². The summed E-state index contributed by atoms with van der Waals surface area (Å²) < 4.78 is 28.4. The van der Waals surface area contributed by atoms with Crippen LogP contribution >= 0.6 is 0 Å². The maximum Gasteiger partial charge on any atom is 0.387 e. The molecule has 0 heterocycles. The number of alkyl halides is 2. The molecule has 0 aromatic heterocycles. The van der Waals surface area contributed by atoms with E-state index in [2.05, 4.69) is 15.2 Å². The largest absolute Gasteiger partial charge is 0.435 e. The van der Waals surface area contributed by atoms with Crippen LogP contribution in [0.3, 0.4) is 0 Å². The third kappa shape index (κ3) is 5.02. The van der Waals surface area contributed by atoms with Gasteiger partial charge in [0.2, 0.25) is 0 Å². The summed E-state index contributed by atoms with van der Waals surface area (Å²) in [6.07, 6.45) is 4.67. The number of nitrogens with zero attached hydrogens (tertiary/aromatic N) is 1. The molecule has 2 aromatic rings. The van der Waals surface area contributed by atoms with Crippen LogP contribution < -0.4 is 10.1 Å². The monoisotopic (exact) mass is 360 g/mol. The number of fused-ring (bicyclic) bond motifs is 1. The summed E-state index contributed by atoms with van der Waals surface area (Å²) in [5, 5.41) is 6.47. The average molecular weight is 360 g/mol. The lowest BCUT2D eigenvalue weighted by Gasteiger charge is -2.06. The van der Waals surface area contributed by atoms with Gasteiger partial charge in [-0.2, -0.15) is 8.78 Å². The van der Waals surface area contributed by atoms with Crippen LogP contribution in [0.5, 0.6) is 5.75 Å². The lowest BCUT2D eigenvalue weighted by molar-refractivity contribution is -0.120. The predicted octanol–water partition coefficient (Wildman–Crippen LogP) is 3.77. The van der Waals surface area contributed by atoms with Crippen molar-refractivity contribution in [1.29, 1.82) is 0 Å². The number of halogens is 2. The number of aryl methyl sites for hydroxylation is 2. The van der Waals surface area contributed by atoms with Crippen LogP contribution in [0.15, 0.2) is 47.6 Å². The van der Waals surface area contributed by atoms with Crippen molar-refractivity contribution in [2.45, 2.75) is 25.9 Å². The summed E-state index contributed by atoms with van der Waals surface area (Å²) in [6, 6.07) is 11.8. The molecule has 1 amide bonds. The van der Waals surface area contributed by atoms with Crippen LogP contribution in [0, 0.1) is 0 Å². The first-order chi connectivity index (χ1) is 12.6. The maximum absolute atomic E-state index is 12.1. The van der Waals surface area contributed by atoms with Crippen molar-refractivity contribution in [3.8, 4) is 5.75 Å². The first-order valence-corrected chi connectivity index (χ1v) is 8.22. The Bertz CT molecular complexity index is 792. The second-order valence-electron chi connectivity index (χ2n) is 5.84. The van der Waals surface area contributed by atoms with Crippen molar-refractivity contribution in [3.63, 3.8) is 0 Å². The van der Waals surface area contributed by atoms with Gasteiger partial charge in [-0.05, 0) is 72.4 Å². The number of amides is 1. The molecule has 7 heteroatoms. The lowest BCUT2D eigenvalue weighted by atomic mass is 10.1. The number of carbonyl (C=O) groups is 1.